The Morgan fingerprint density at radius 1 is 1.55 bits per heavy atom. The van der Waals surface area contributed by atoms with Crippen molar-refractivity contribution in [1.29, 1.82) is 0 Å². The summed E-state index contributed by atoms with van der Waals surface area (Å²) in [5.41, 5.74) is 1.38. The van der Waals surface area contributed by atoms with Gasteiger partial charge in [0.15, 0.2) is 0 Å². The van der Waals surface area contributed by atoms with Crippen molar-refractivity contribution in [3.05, 3.63) is 33.5 Å². The zero-order chi connectivity index (χ0) is 8.27. The summed E-state index contributed by atoms with van der Waals surface area (Å²) in [5.74, 6) is 1.44. The number of rotatable bonds is 2. The number of nitrogens with zero attached hydrogens (tertiary/aromatic N) is 1. The third kappa shape index (κ3) is 2.77. The largest absolute Gasteiger partial charge is 0.264 e. The van der Waals surface area contributed by atoms with Crippen molar-refractivity contribution in [1.82, 2.24) is 4.98 Å². The molecule has 0 saturated heterocycles. The Morgan fingerprint density at radius 2 is 2.27 bits per heavy atom. The normalized spacial score (nSPS) is 10.5. The first-order valence-electron chi connectivity index (χ1n) is 3.57. The van der Waals surface area contributed by atoms with E-state index in [2.05, 4.69) is 47.5 Å². The first-order chi connectivity index (χ1) is 5.20. The smallest absolute Gasteiger partial charge is 0.0404 e. The van der Waals surface area contributed by atoms with Crippen LogP contribution in [0.5, 0.6) is 0 Å². The second-order valence-electron chi connectivity index (χ2n) is 2.85. The van der Waals surface area contributed by atoms with Gasteiger partial charge in [0.2, 0.25) is 0 Å². The highest BCUT2D eigenvalue weighted by atomic mass is 127. The standard InChI is InChI=1S/C9H11IN/c1-7(2)5-8-3-4-11-6-9(8)10/h3-4,6H,5H2,1-2H3. The van der Waals surface area contributed by atoms with Crippen LogP contribution in [0.1, 0.15) is 19.4 Å². The Labute approximate surface area is 81.4 Å². The lowest BCUT2D eigenvalue weighted by molar-refractivity contribution is 0.946. The van der Waals surface area contributed by atoms with E-state index in [1.807, 2.05) is 12.4 Å². The van der Waals surface area contributed by atoms with Crippen LogP contribution in [0.4, 0.5) is 0 Å². The number of pyridine rings is 1. The average Bonchev–Trinajstić information content (AvgIpc) is 1.93. The van der Waals surface area contributed by atoms with E-state index in [1.165, 1.54) is 15.1 Å². The molecule has 0 aromatic carbocycles. The summed E-state index contributed by atoms with van der Waals surface area (Å²) in [4.78, 5) is 4.04. The Bertz CT molecular complexity index is 233. The van der Waals surface area contributed by atoms with Gasteiger partial charge in [-0.3, -0.25) is 4.98 Å². The van der Waals surface area contributed by atoms with Crippen LogP contribution in [0.3, 0.4) is 0 Å². The molecule has 0 atom stereocenters. The fourth-order valence-electron chi connectivity index (χ4n) is 0.928. The predicted octanol–water partition coefficient (Wildman–Crippen LogP) is 2.84. The zero-order valence-corrected chi connectivity index (χ0v) is 8.92. The van der Waals surface area contributed by atoms with E-state index in [4.69, 9.17) is 0 Å². The fraction of sp³-hybridized carbons (Fsp3) is 0.333. The van der Waals surface area contributed by atoms with Gasteiger partial charge in [-0.2, -0.15) is 0 Å². The minimum absolute atomic E-state index is 1.07. The molecule has 59 valence electrons. The topological polar surface area (TPSA) is 12.9 Å². The van der Waals surface area contributed by atoms with Gasteiger partial charge < -0.3 is 0 Å². The minimum atomic E-state index is 1.07. The second kappa shape index (κ2) is 4.04. The lowest BCUT2D eigenvalue weighted by atomic mass is 10.0. The summed E-state index contributed by atoms with van der Waals surface area (Å²) >= 11 is 2.32. The van der Waals surface area contributed by atoms with E-state index in [1.54, 1.807) is 0 Å². The molecule has 0 unspecified atom stereocenters. The van der Waals surface area contributed by atoms with Crippen LogP contribution in [-0.4, -0.2) is 4.98 Å². The third-order valence-electron chi connectivity index (χ3n) is 1.40. The van der Waals surface area contributed by atoms with E-state index >= 15 is 0 Å². The summed E-state index contributed by atoms with van der Waals surface area (Å²) in [6.07, 6.45) is 4.82. The average molecular weight is 260 g/mol. The van der Waals surface area contributed by atoms with Crippen LogP contribution in [0.15, 0.2) is 18.5 Å². The van der Waals surface area contributed by atoms with Crippen LogP contribution in [0.25, 0.3) is 0 Å². The third-order valence-corrected chi connectivity index (χ3v) is 2.37. The number of halogens is 1. The Morgan fingerprint density at radius 3 is 2.82 bits per heavy atom. The summed E-state index contributed by atoms with van der Waals surface area (Å²) in [7, 11) is 0. The maximum Gasteiger partial charge on any atom is 0.0404 e. The molecule has 1 aromatic heterocycles. The van der Waals surface area contributed by atoms with Gasteiger partial charge in [-0.05, 0) is 46.6 Å². The van der Waals surface area contributed by atoms with Gasteiger partial charge >= 0.3 is 0 Å². The molecule has 1 aromatic rings. The Balaban J connectivity index is 2.78. The first kappa shape index (κ1) is 8.97. The van der Waals surface area contributed by atoms with E-state index in [-0.39, 0.29) is 0 Å². The SMILES string of the molecule is C[C](C)Cc1ccncc1I. The van der Waals surface area contributed by atoms with Gasteiger partial charge in [-0.1, -0.05) is 13.8 Å². The van der Waals surface area contributed by atoms with Crippen molar-refractivity contribution >= 4 is 22.6 Å². The van der Waals surface area contributed by atoms with Crippen molar-refractivity contribution in [2.24, 2.45) is 0 Å². The quantitative estimate of drug-likeness (QED) is 0.745. The van der Waals surface area contributed by atoms with E-state index in [0.717, 1.165) is 6.42 Å². The van der Waals surface area contributed by atoms with Crippen LogP contribution < -0.4 is 0 Å². The molecule has 1 nitrogen and oxygen atoms in total. The molecule has 0 fully saturated rings. The summed E-state index contributed by atoms with van der Waals surface area (Å²) in [6, 6.07) is 2.08. The number of hydrogen-bond donors (Lipinski definition) is 0. The van der Waals surface area contributed by atoms with Crippen molar-refractivity contribution in [3.8, 4) is 0 Å². The van der Waals surface area contributed by atoms with Crippen LogP contribution in [-0.2, 0) is 6.42 Å². The van der Waals surface area contributed by atoms with Gasteiger partial charge in [-0.15, -0.1) is 0 Å². The number of hydrogen-bond acceptors (Lipinski definition) is 1. The monoisotopic (exact) mass is 260 g/mol. The molecular formula is C9H11IN. The van der Waals surface area contributed by atoms with Gasteiger partial charge in [0.25, 0.3) is 0 Å². The highest BCUT2D eigenvalue weighted by Crippen LogP contribution is 2.14. The van der Waals surface area contributed by atoms with Crippen LogP contribution in [0.2, 0.25) is 0 Å². The lowest BCUT2D eigenvalue weighted by Gasteiger charge is -2.05. The molecule has 0 spiro atoms. The van der Waals surface area contributed by atoms with Gasteiger partial charge in [0, 0.05) is 16.0 Å². The molecule has 1 heterocycles. The van der Waals surface area contributed by atoms with E-state index < -0.39 is 0 Å². The van der Waals surface area contributed by atoms with Gasteiger partial charge in [0.1, 0.15) is 0 Å². The van der Waals surface area contributed by atoms with E-state index in [0.29, 0.717) is 0 Å². The summed E-state index contributed by atoms with van der Waals surface area (Å²) < 4.78 is 1.26. The second-order valence-corrected chi connectivity index (χ2v) is 4.01. The molecule has 0 aliphatic rings. The molecule has 0 bridgehead atoms. The highest BCUT2D eigenvalue weighted by molar-refractivity contribution is 14.1. The molecule has 0 aliphatic carbocycles. The van der Waals surface area contributed by atoms with Gasteiger partial charge in [-0.25, -0.2) is 0 Å². The molecule has 1 radical (unpaired) electrons. The summed E-state index contributed by atoms with van der Waals surface area (Å²) in [5, 5.41) is 0. The van der Waals surface area contributed by atoms with Crippen molar-refractivity contribution in [2.75, 3.05) is 0 Å². The molecule has 0 N–H and O–H groups in total. The van der Waals surface area contributed by atoms with Crippen molar-refractivity contribution < 1.29 is 0 Å². The Hall–Kier alpha value is -0.120. The van der Waals surface area contributed by atoms with Crippen molar-refractivity contribution in [2.45, 2.75) is 20.3 Å². The molecule has 11 heavy (non-hydrogen) atoms. The number of aromatic nitrogens is 1. The predicted molar refractivity (Wildman–Crippen MR) is 55.2 cm³/mol. The van der Waals surface area contributed by atoms with E-state index in [9.17, 15) is 0 Å². The summed E-state index contributed by atoms with van der Waals surface area (Å²) in [6.45, 7) is 4.30. The van der Waals surface area contributed by atoms with Gasteiger partial charge in [0.05, 0.1) is 0 Å². The molecule has 0 saturated carbocycles. The minimum Gasteiger partial charge on any atom is -0.264 e. The molecule has 1 rings (SSSR count). The fourth-order valence-corrected chi connectivity index (χ4v) is 1.46. The lowest BCUT2D eigenvalue weighted by Crippen LogP contribution is -1.94. The molecular weight excluding hydrogens is 249 g/mol. The molecule has 0 aliphatic heterocycles. The van der Waals surface area contributed by atoms with Crippen LogP contribution in [0, 0.1) is 9.49 Å². The maximum absolute atomic E-state index is 4.04. The first-order valence-corrected chi connectivity index (χ1v) is 4.65. The highest BCUT2D eigenvalue weighted by Gasteiger charge is 2.01. The maximum atomic E-state index is 4.04. The molecule has 2 heteroatoms. The van der Waals surface area contributed by atoms with Crippen molar-refractivity contribution in [3.63, 3.8) is 0 Å². The van der Waals surface area contributed by atoms with Crippen LogP contribution >= 0.6 is 22.6 Å². The zero-order valence-electron chi connectivity index (χ0n) is 6.76. The Kier molecular flexibility index (Phi) is 3.30. The molecule has 0 amide bonds.